The molecule has 3 aliphatic carbocycles. The number of hydrogen-bond donors (Lipinski definition) is 4. The van der Waals surface area contributed by atoms with Gasteiger partial charge in [0.25, 0.3) is 5.91 Å². The van der Waals surface area contributed by atoms with Crippen LogP contribution in [0.2, 0.25) is 0 Å². The minimum atomic E-state index is -2.40. The number of ketones is 1. The van der Waals surface area contributed by atoms with E-state index < -0.39 is 113 Å². The van der Waals surface area contributed by atoms with Crippen molar-refractivity contribution in [3.05, 3.63) is 107 Å². The number of rotatable bonds is 10. The summed E-state index contributed by atoms with van der Waals surface area (Å²) >= 11 is 0. The van der Waals surface area contributed by atoms with Gasteiger partial charge in [-0.2, -0.15) is 0 Å². The first-order valence-corrected chi connectivity index (χ1v) is 20.0. The molecule has 2 bridgehead atoms. The van der Waals surface area contributed by atoms with Gasteiger partial charge >= 0.3 is 23.9 Å². The normalized spacial score (nSPS) is 32.2. The number of amides is 1. The number of aliphatic hydroxyl groups excluding tert-OH is 2. The molecule has 4 N–H and O–H groups in total. The first-order valence-electron chi connectivity index (χ1n) is 20.0. The molecule has 1 amide bonds. The van der Waals surface area contributed by atoms with Gasteiger partial charge in [-0.15, -0.1) is 0 Å². The molecule has 2 heterocycles. The van der Waals surface area contributed by atoms with Gasteiger partial charge in [0.2, 0.25) is 0 Å². The number of Topliss-reactive ketones (excluding diaryl/α,β-unsaturated/α-hetero) is 1. The molecule has 2 saturated carbocycles. The summed E-state index contributed by atoms with van der Waals surface area (Å²) in [5, 5.41) is 40.0. The smallest absolute Gasteiger partial charge is 0.338 e. The van der Waals surface area contributed by atoms with Crippen molar-refractivity contribution in [2.24, 2.45) is 16.7 Å². The summed E-state index contributed by atoms with van der Waals surface area (Å²) < 4.78 is 35.4. The fourth-order valence-electron chi connectivity index (χ4n) is 9.99. The maximum Gasteiger partial charge on any atom is 0.338 e. The van der Waals surface area contributed by atoms with Crippen LogP contribution in [-0.2, 0) is 42.9 Å². The topological polar surface area (TPSA) is 234 Å². The number of esters is 4. The summed E-state index contributed by atoms with van der Waals surface area (Å²) in [7, 11) is 0. The van der Waals surface area contributed by atoms with E-state index in [1.165, 1.54) is 44.4 Å². The minimum Gasteiger partial charge on any atom is -0.459 e. The van der Waals surface area contributed by atoms with Gasteiger partial charge in [-0.3, -0.25) is 19.2 Å². The van der Waals surface area contributed by atoms with Crippen LogP contribution in [0, 0.1) is 16.7 Å². The lowest BCUT2D eigenvalue weighted by Gasteiger charge is -2.67. The monoisotopic (exact) mass is 843 g/mol. The van der Waals surface area contributed by atoms with Gasteiger partial charge in [0.05, 0.1) is 41.9 Å². The van der Waals surface area contributed by atoms with E-state index in [0.29, 0.717) is 5.56 Å². The van der Waals surface area contributed by atoms with Gasteiger partial charge in [-0.25, -0.2) is 9.59 Å². The average molecular weight is 844 g/mol. The van der Waals surface area contributed by atoms with E-state index in [1.807, 2.05) is 0 Å². The fraction of sp³-hybridized carbons (Fsp3) is 0.467. The predicted molar refractivity (Wildman–Crippen MR) is 210 cm³/mol. The van der Waals surface area contributed by atoms with E-state index in [0.717, 1.165) is 13.8 Å². The number of ether oxygens (including phenoxy) is 5. The van der Waals surface area contributed by atoms with E-state index >= 15 is 4.79 Å². The number of carbonyl (C=O) groups is 6. The summed E-state index contributed by atoms with van der Waals surface area (Å²) in [6, 6.07) is 17.5. The maximum absolute atomic E-state index is 15.5. The number of carbonyl (C=O) groups excluding carboxylic acids is 6. The van der Waals surface area contributed by atoms with Crippen LogP contribution in [0.4, 0.5) is 0 Å². The second-order valence-electron chi connectivity index (χ2n) is 17.0. The number of nitrogens with one attached hydrogen (secondary N) is 1. The van der Waals surface area contributed by atoms with Gasteiger partial charge < -0.3 is 48.7 Å². The average Bonchev–Trinajstić information content (AvgIpc) is 3.77. The van der Waals surface area contributed by atoms with Gasteiger partial charge in [0, 0.05) is 32.1 Å². The Hall–Kier alpha value is -5.68. The molecule has 1 saturated heterocycles. The first-order chi connectivity index (χ1) is 28.8. The Morgan fingerprint density at radius 1 is 0.885 bits per heavy atom. The van der Waals surface area contributed by atoms with Crippen molar-refractivity contribution < 1.29 is 72.2 Å². The van der Waals surface area contributed by atoms with Crippen LogP contribution in [0.5, 0.6) is 0 Å². The number of fused-ring (bicyclic) bond motifs is 5. The van der Waals surface area contributed by atoms with Crippen LogP contribution in [-0.4, -0.2) is 105 Å². The second kappa shape index (κ2) is 16.0. The lowest BCUT2D eigenvalue weighted by molar-refractivity contribution is -0.346. The standard InChI is InChI=1S/C45H49NO15/c1-23-29(59-41(54)34(50)33(26-14-9-7-10-15-26)46-39(52)28-18-13-19-56-28)21-45(55)38(60-40(53)27-16-11-8-12-17-27)36-43(6,30(49)20-31-44(36,22-57-31)61-25(3)48)37(51)35(58-24(2)47)32(23)42(45,4)5/h7-19,29-31,33-36,38,49-50,55H,20-22H2,1-6H3,(H,46,52)/t29-,30+,31-,33+,34-,35-,36-,38-,43-,44+,45-/m1/s1. The Labute approximate surface area is 351 Å². The molecule has 0 spiro atoms. The number of furan rings is 1. The highest BCUT2D eigenvalue weighted by Crippen LogP contribution is 2.64. The van der Waals surface area contributed by atoms with Crippen molar-refractivity contribution in [3.8, 4) is 0 Å². The van der Waals surface area contributed by atoms with Crippen LogP contribution in [0.3, 0.4) is 0 Å². The molecular formula is C45H49NO15. The molecule has 324 valence electrons. The van der Waals surface area contributed by atoms with Crippen molar-refractivity contribution >= 4 is 35.6 Å². The minimum absolute atomic E-state index is 0.0133. The number of aliphatic hydroxyl groups is 3. The van der Waals surface area contributed by atoms with Gasteiger partial charge in [-0.05, 0) is 54.8 Å². The molecule has 3 aromatic rings. The van der Waals surface area contributed by atoms with Gasteiger partial charge in [0.15, 0.2) is 29.4 Å². The van der Waals surface area contributed by atoms with Gasteiger partial charge in [-0.1, -0.05) is 62.4 Å². The largest absolute Gasteiger partial charge is 0.459 e. The van der Waals surface area contributed by atoms with Crippen LogP contribution < -0.4 is 5.32 Å². The van der Waals surface area contributed by atoms with Crippen molar-refractivity contribution in [2.45, 2.75) is 108 Å². The molecule has 3 fully saturated rings. The zero-order valence-corrected chi connectivity index (χ0v) is 34.5. The molecule has 1 aliphatic heterocycles. The second-order valence-corrected chi connectivity index (χ2v) is 17.0. The van der Waals surface area contributed by atoms with E-state index in [1.54, 1.807) is 62.4 Å². The zero-order chi connectivity index (χ0) is 44.2. The number of hydrogen-bond acceptors (Lipinski definition) is 15. The highest BCUT2D eigenvalue weighted by Gasteiger charge is 2.78. The lowest BCUT2D eigenvalue weighted by atomic mass is 9.44. The molecule has 11 atom stereocenters. The molecule has 2 aromatic carbocycles. The third-order valence-electron chi connectivity index (χ3n) is 13.2. The van der Waals surface area contributed by atoms with Crippen molar-refractivity contribution in [2.75, 3.05) is 6.61 Å². The van der Waals surface area contributed by atoms with E-state index in [9.17, 15) is 39.3 Å². The maximum atomic E-state index is 15.5. The first kappa shape index (κ1) is 43.4. The summed E-state index contributed by atoms with van der Waals surface area (Å²) in [6.45, 7) is 7.92. The Balaban J connectivity index is 1.39. The molecule has 16 nitrogen and oxygen atoms in total. The quantitative estimate of drug-likeness (QED) is 0.130. The van der Waals surface area contributed by atoms with Crippen molar-refractivity contribution in [1.29, 1.82) is 0 Å². The summed E-state index contributed by atoms with van der Waals surface area (Å²) in [5.41, 5.74) is -7.37. The third kappa shape index (κ3) is 7.14. The molecule has 0 unspecified atom stereocenters. The van der Waals surface area contributed by atoms with E-state index in [4.69, 9.17) is 28.1 Å². The fourth-order valence-corrected chi connectivity index (χ4v) is 9.99. The Kier molecular flexibility index (Phi) is 11.4. The molecule has 61 heavy (non-hydrogen) atoms. The Morgan fingerprint density at radius 2 is 1.54 bits per heavy atom. The molecular weight excluding hydrogens is 794 g/mol. The molecule has 7 rings (SSSR count). The third-order valence-corrected chi connectivity index (χ3v) is 13.2. The zero-order valence-electron chi connectivity index (χ0n) is 34.5. The van der Waals surface area contributed by atoms with Crippen LogP contribution in [0.1, 0.15) is 86.9 Å². The molecule has 4 aliphatic rings. The Morgan fingerprint density at radius 3 is 2.11 bits per heavy atom. The predicted octanol–water partition coefficient (Wildman–Crippen LogP) is 3.33. The van der Waals surface area contributed by atoms with Crippen molar-refractivity contribution in [3.63, 3.8) is 0 Å². The van der Waals surface area contributed by atoms with Crippen molar-refractivity contribution in [1.82, 2.24) is 5.32 Å². The molecule has 16 heteroatoms. The highest BCUT2D eigenvalue weighted by atomic mass is 16.6. The van der Waals surface area contributed by atoms with E-state index in [-0.39, 0.29) is 35.5 Å². The summed E-state index contributed by atoms with van der Waals surface area (Å²) in [4.78, 5) is 83.1. The highest BCUT2D eigenvalue weighted by molar-refractivity contribution is 5.96. The van der Waals surface area contributed by atoms with Crippen LogP contribution in [0.15, 0.2) is 94.6 Å². The Bertz CT molecular complexity index is 2240. The lowest BCUT2D eigenvalue weighted by Crippen LogP contribution is -2.82. The van der Waals surface area contributed by atoms with Crippen LogP contribution >= 0.6 is 0 Å². The molecule has 0 radical (unpaired) electrons. The molecule has 1 aromatic heterocycles. The SMILES string of the molecule is CC(=O)O[C@H]1C(=O)[C@]2(C)[C@@H](O)C[C@H]3OC[C@@]3(OC(C)=O)[C@@H]2[C@@H](OC(=O)c2ccccc2)[C@]2(O)C[C@@H](OC(=O)[C@H](O)[C@@H](NC(=O)c3ccco3)c3ccccc3)C(C)=C1C2(C)C. The summed E-state index contributed by atoms with van der Waals surface area (Å²) in [5.74, 6) is -7.15. The van der Waals surface area contributed by atoms with Crippen LogP contribution in [0.25, 0.3) is 0 Å². The van der Waals surface area contributed by atoms with E-state index in [2.05, 4.69) is 5.32 Å². The summed E-state index contributed by atoms with van der Waals surface area (Å²) in [6.07, 6.45) is -9.31. The van der Waals surface area contributed by atoms with Gasteiger partial charge in [0.1, 0.15) is 23.9 Å². The number of benzene rings is 2.